The largest absolute Gasteiger partial charge is 0.298 e. The fraction of sp³-hybridized carbons (Fsp3) is 0.481. The van der Waals surface area contributed by atoms with E-state index in [1.54, 1.807) is 18.2 Å². The third-order valence-corrected chi connectivity index (χ3v) is 7.16. The molecule has 0 aliphatic heterocycles. The number of benzene rings is 2. The summed E-state index contributed by atoms with van der Waals surface area (Å²) in [6.07, 6.45) is 8.14. The van der Waals surface area contributed by atoms with Gasteiger partial charge in [0.25, 0.3) is 5.92 Å². The summed E-state index contributed by atoms with van der Waals surface area (Å²) in [6, 6.07) is 8.56. The normalized spacial score (nSPS) is 22.7. The van der Waals surface area contributed by atoms with Gasteiger partial charge < -0.3 is 0 Å². The summed E-state index contributed by atoms with van der Waals surface area (Å²) in [4.78, 5) is 0. The Labute approximate surface area is 182 Å². The van der Waals surface area contributed by atoms with Crippen LogP contribution in [0.15, 0.2) is 42.0 Å². The minimum atomic E-state index is -3.47. The number of aryl methyl sites for hydroxylation is 1. The van der Waals surface area contributed by atoms with E-state index in [1.165, 1.54) is 6.07 Å². The lowest BCUT2D eigenvalue weighted by Crippen LogP contribution is -2.31. The van der Waals surface area contributed by atoms with Crippen molar-refractivity contribution in [2.45, 2.75) is 71.1 Å². The highest BCUT2D eigenvalue weighted by Crippen LogP contribution is 2.50. The van der Waals surface area contributed by atoms with Crippen LogP contribution < -0.4 is 0 Å². The lowest BCUT2D eigenvalue weighted by Gasteiger charge is -2.36. The fourth-order valence-corrected chi connectivity index (χ4v) is 5.40. The molecule has 2 aromatic rings. The van der Waals surface area contributed by atoms with E-state index in [-0.39, 0.29) is 29.0 Å². The maximum atomic E-state index is 15.5. The first kappa shape index (κ1) is 22.1. The Morgan fingerprint density at radius 1 is 0.935 bits per heavy atom. The van der Waals surface area contributed by atoms with Crippen molar-refractivity contribution >= 4 is 0 Å². The number of allylic oxidation sites excluding steroid dienone is 2. The van der Waals surface area contributed by atoms with Crippen LogP contribution in [0.3, 0.4) is 0 Å². The molecule has 0 bridgehead atoms. The summed E-state index contributed by atoms with van der Waals surface area (Å²) in [6.45, 7) is 4.15. The van der Waals surface area contributed by atoms with Crippen LogP contribution in [0, 0.1) is 23.5 Å². The number of fused-ring (bicyclic) bond motifs is 1. The van der Waals surface area contributed by atoms with Crippen LogP contribution in [-0.4, -0.2) is 0 Å². The molecule has 0 heterocycles. The zero-order valence-corrected chi connectivity index (χ0v) is 18.3. The molecule has 0 amide bonds. The molecule has 2 aromatic carbocycles. The standard InChI is InChI=1S/C27H30F4/c1-3-5-18-8-12-20(13-9-18)23-15-14-21-16-22(19-10-6-17(4-2)7-11-19)25(28)26(29)24(21)27(23,30)31/h6-7,10-11,15-16,18,20H,3-5,8-9,12-14H2,1-2H3. The van der Waals surface area contributed by atoms with Gasteiger partial charge in [-0.25, -0.2) is 8.78 Å². The molecule has 166 valence electrons. The van der Waals surface area contributed by atoms with E-state index in [0.717, 1.165) is 37.7 Å². The topological polar surface area (TPSA) is 0 Å². The lowest BCUT2D eigenvalue weighted by molar-refractivity contribution is 0.0140. The molecule has 4 heteroatoms. The first-order chi connectivity index (χ1) is 14.9. The molecule has 2 aliphatic carbocycles. The van der Waals surface area contributed by atoms with Crippen molar-refractivity contribution in [3.8, 4) is 11.1 Å². The highest BCUT2D eigenvalue weighted by molar-refractivity contribution is 5.67. The second kappa shape index (κ2) is 8.80. The quantitative estimate of drug-likeness (QED) is 0.330. The maximum Gasteiger partial charge on any atom is 0.298 e. The molecule has 0 spiro atoms. The monoisotopic (exact) mass is 430 g/mol. The predicted molar refractivity (Wildman–Crippen MR) is 117 cm³/mol. The first-order valence-electron chi connectivity index (χ1n) is 11.6. The molecule has 31 heavy (non-hydrogen) atoms. The van der Waals surface area contributed by atoms with E-state index in [9.17, 15) is 4.39 Å². The van der Waals surface area contributed by atoms with Gasteiger partial charge in [0, 0.05) is 11.1 Å². The number of hydrogen-bond acceptors (Lipinski definition) is 0. The minimum absolute atomic E-state index is 0.00621. The summed E-state index contributed by atoms with van der Waals surface area (Å²) in [7, 11) is 0. The van der Waals surface area contributed by atoms with Crippen LogP contribution in [0.5, 0.6) is 0 Å². The average Bonchev–Trinajstić information content (AvgIpc) is 2.77. The Morgan fingerprint density at radius 3 is 2.23 bits per heavy atom. The van der Waals surface area contributed by atoms with Gasteiger partial charge in [0.2, 0.25) is 0 Å². The second-order valence-corrected chi connectivity index (χ2v) is 9.08. The van der Waals surface area contributed by atoms with Crippen molar-refractivity contribution < 1.29 is 17.6 Å². The van der Waals surface area contributed by atoms with Gasteiger partial charge in [-0.05, 0) is 73.1 Å². The van der Waals surface area contributed by atoms with Gasteiger partial charge >= 0.3 is 0 Å². The summed E-state index contributed by atoms with van der Waals surface area (Å²) in [5.41, 5.74) is 1.05. The lowest BCUT2D eigenvalue weighted by atomic mass is 9.72. The number of rotatable bonds is 5. The van der Waals surface area contributed by atoms with Crippen LogP contribution in [-0.2, 0) is 18.8 Å². The van der Waals surface area contributed by atoms with E-state index < -0.39 is 23.1 Å². The van der Waals surface area contributed by atoms with Crippen LogP contribution in [0.1, 0.15) is 69.1 Å². The van der Waals surface area contributed by atoms with E-state index >= 15 is 13.2 Å². The number of hydrogen-bond donors (Lipinski definition) is 0. The maximum absolute atomic E-state index is 15.5. The molecule has 0 N–H and O–H groups in total. The Balaban J connectivity index is 1.66. The van der Waals surface area contributed by atoms with E-state index in [4.69, 9.17) is 0 Å². The van der Waals surface area contributed by atoms with Gasteiger partial charge in [0.1, 0.15) is 0 Å². The summed E-state index contributed by atoms with van der Waals surface area (Å²) < 4.78 is 61.1. The predicted octanol–water partition coefficient (Wildman–Crippen LogP) is 8.38. The average molecular weight is 431 g/mol. The smallest absolute Gasteiger partial charge is 0.203 e. The molecule has 4 rings (SSSR count). The van der Waals surface area contributed by atoms with Crippen molar-refractivity contribution in [1.29, 1.82) is 0 Å². The van der Waals surface area contributed by atoms with Crippen molar-refractivity contribution in [3.63, 3.8) is 0 Å². The Bertz CT molecular complexity index is 964. The number of halogens is 4. The molecule has 2 aliphatic rings. The molecule has 1 fully saturated rings. The zero-order valence-electron chi connectivity index (χ0n) is 18.3. The summed E-state index contributed by atoms with van der Waals surface area (Å²) in [5, 5.41) is 0. The highest BCUT2D eigenvalue weighted by atomic mass is 19.3. The van der Waals surface area contributed by atoms with E-state index in [1.807, 2.05) is 19.1 Å². The van der Waals surface area contributed by atoms with Gasteiger partial charge in [0.05, 0.1) is 5.56 Å². The third-order valence-electron chi connectivity index (χ3n) is 7.16. The van der Waals surface area contributed by atoms with E-state index in [0.29, 0.717) is 24.3 Å². The van der Waals surface area contributed by atoms with Gasteiger partial charge in [-0.2, -0.15) is 8.78 Å². The molecule has 0 unspecified atom stereocenters. The van der Waals surface area contributed by atoms with E-state index in [2.05, 4.69) is 6.92 Å². The Morgan fingerprint density at radius 2 is 1.61 bits per heavy atom. The van der Waals surface area contributed by atoms with Gasteiger partial charge in [-0.15, -0.1) is 0 Å². The summed E-state index contributed by atoms with van der Waals surface area (Å²) in [5.74, 6) is -5.70. The summed E-state index contributed by atoms with van der Waals surface area (Å²) >= 11 is 0. The van der Waals surface area contributed by atoms with Gasteiger partial charge in [-0.3, -0.25) is 0 Å². The van der Waals surface area contributed by atoms with Crippen LogP contribution in [0.2, 0.25) is 0 Å². The van der Waals surface area contributed by atoms with Crippen LogP contribution in [0.25, 0.3) is 11.1 Å². The highest BCUT2D eigenvalue weighted by Gasteiger charge is 2.47. The molecular formula is C27H30F4. The van der Waals surface area contributed by atoms with Crippen LogP contribution in [0.4, 0.5) is 17.6 Å². The molecule has 0 radical (unpaired) electrons. The number of alkyl halides is 2. The zero-order chi connectivity index (χ0) is 22.2. The third kappa shape index (κ3) is 4.06. The Kier molecular flexibility index (Phi) is 6.27. The second-order valence-electron chi connectivity index (χ2n) is 9.08. The molecule has 0 saturated heterocycles. The molecule has 0 aromatic heterocycles. The van der Waals surface area contributed by atoms with Crippen molar-refractivity contribution in [2.24, 2.45) is 11.8 Å². The van der Waals surface area contributed by atoms with Crippen molar-refractivity contribution in [2.75, 3.05) is 0 Å². The van der Waals surface area contributed by atoms with Gasteiger partial charge in [-0.1, -0.05) is 57.0 Å². The molecule has 0 atom stereocenters. The molecule has 1 saturated carbocycles. The van der Waals surface area contributed by atoms with Crippen molar-refractivity contribution in [3.05, 3.63) is 70.3 Å². The Hall–Kier alpha value is -2.10. The SMILES string of the molecule is CCCC1CCC(C2=CCc3cc(-c4ccc(CC)cc4)c(F)c(F)c3C2(F)F)CC1. The molecule has 0 nitrogen and oxygen atoms in total. The van der Waals surface area contributed by atoms with Gasteiger partial charge in [0.15, 0.2) is 11.6 Å². The van der Waals surface area contributed by atoms with Crippen LogP contribution >= 0.6 is 0 Å². The first-order valence-corrected chi connectivity index (χ1v) is 11.6. The molecular weight excluding hydrogens is 400 g/mol. The van der Waals surface area contributed by atoms with Crippen molar-refractivity contribution in [1.82, 2.24) is 0 Å². The minimum Gasteiger partial charge on any atom is -0.203 e. The fourth-order valence-electron chi connectivity index (χ4n) is 5.40.